The predicted octanol–water partition coefficient (Wildman–Crippen LogP) is 22.6. The Morgan fingerprint density at radius 3 is 0.891 bits per heavy atom. The van der Waals surface area contributed by atoms with E-state index >= 15 is 0 Å². The van der Waals surface area contributed by atoms with Gasteiger partial charge in [-0.15, -0.1) is 0 Å². The average Bonchev–Trinajstić information content (AvgIpc) is 1.53. The molecule has 0 amide bonds. The lowest BCUT2D eigenvalue weighted by atomic mass is 9.67. The highest BCUT2D eigenvalue weighted by molar-refractivity contribution is 6.14. The maximum atomic E-state index is 2.52. The summed E-state index contributed by atoms with van der Waals surface area (Å²) < 4.78 is 7.50. The predicted molar refractivity (Wildman–Crippen MR) is 384 cm³/mol. The topological polar surface area (TPSA) is 14.8 Å². The summed E-state index contributed by atoms with van der Waals surface area (Å²) in [6, 6.07) is 124. The number of hydrogen-bond acceptors (Lipinski definition) is 0. The first-order valence-corrected chi connectivity index (χ1v) is 32.3. The molecular formula is C89H61N3. The first-order valence-electron chi connectivity index (χ1n) is 32.3. The molecule has 3 nitrogen and oxygen atoms in total. The highest BCUT2D eigenvalue weighted by Crippen LogP contribution is 2.59. The van der Waals surface area contributed by atoms with Gasteiger partial charge in [0.1, 0.15) is 0 Å². The highest BCUT2D eigenvalue weighted by atomic mass is 15.0. The van der Waals surface area contributed by atoms with E-state index in [9.17, 15) is 0 Å². The summed E-state index contributed by atoms with van der Waals surface area (Å²) in [5.74, 6) is 0. The molecule has 0 bridgehead atoms. The summed E-state index contributed by atoms with van der Waals surface area (Å²) in [6.07, 6.45) is 0. The Morgan fingerprint density at radius 2 is 0.522 bits per heavy atom. The monoisotopic (exact) mass is 1170 g/mol. The summed E-state index contributed by atoms with van der Waals surface area (Å²) in [6.45, 7) is 4.61. The van der Waals surface area contributed by atoms with Crippen molar-refractivity contribution in [2.75, 3.05) is 0 Å². The van der Waals surface area contributed by atoms with Gasteiger partial charge in [-0.05, 0) is 188 Å². The molecule has 17 aromatic rings. The maximum absolute atomic E-state index is 2.52. The van der Waals surface area contributed by atoms with Crippen molar-refractivity contribution in [3.05, 3.63) is 372 Å². The van der Waals surface area contributed by atoms with E-state index in [0.29, 0.717) is 0 Å². The van der Waals surface area contributed by atoms with Gasteiger partial charge in [0, 0.05) is 60.8 Å². The van der Waals surface area contributed by atoms with E-state index in [0.717, 1.165) is 11.4 Å². The summed E-state index contributed by atoms with van der Waals surface area (Å²) in [5, 5.41) is 7.45. The van der Waals surface area contributed by atoms with Gasteiger partial charge < -0.3 is 13.7 Å². The van der Waals surface area contributed by atoms with Gasteiger partial charge in [0.15, 0.2) is 0 Å². The van der Waals surface area contributed by atoms with Crippen LogP contribution in [-0.2, 0) is 10.8 Å². The highest BCUT2D eigenvalue weighted by Gasteiger charge is 2.48. The van der Waals surface area contributed by atoms with Crippen LogP contribution >= 0.6 is 0 Å². The number of aromatic nitrogens is 3. The second kappa shape index (κ2) is 20.0. The first-order chi connectivity index (χ1) is 45.5. The Bertz CT molecular complexity index is 5410. The summed E-state index contributed by atoms with van der Waals surface area (Å²) >= 11 is 0. The lowest BCUT2D eigenvalue weighted by molar-refractivity contribution is 0.642. The van der Waals surface area contributed by atoms with Crippen molar-refractivity contribution < 1.29 is 0 Å². The van der Waals surface area contributed by atoms with E-state index < -0.39 is 10.8 Å². The standard InChI is InChI=1S/C89H61N3/c1-57(2)90-84-47-39-60(58-41-49-86-74(51-58)72-33-17-21-37-82(72)91(86)66-43-45-70-68-31-15-19-35-78(68)88(80(70)55-66,62-23-7-3-8-24-62)63-25-9-4-10-26-63)53-76(84)77-54-61(40-48-85(77)90)59-42-50-87-75(52-59)73-34-18-22-38-83(73)92(87)67-44-46-71-69-32-16-20-36-79(69)89(81(71)56-67,64-27-11-5-12-28-64)65-29-13-6-14-30-65/h3-57H,1-2H3. The zero-order valence-corrected chi connectivity index (χ0v) is 51.1. The van der Waals surface area contributed by atoms with E-state index in [1.165, 1.54) is 154 Å². The molecule has 0 radical (unpaired) electrons. The van der Waals surface area contributed by atoms with Crippen molar-refractivity contribution in [1.29, 1.82) is 0 Å². The summed E-state index contributed by atoms with van der Waals surface area (Å²) in [4.78, 5) is 0. The van der Waals surface area contributed by atoms with E-state index in [2.05, 4.69) is 355 Å². The fraction of sp³-hybridized carbons (Fsp3) is 0.0562. The van der Waals surface area contributed by atoms with Crippen LogP contribution in [0.25, 0.3) is 121 Å². The van der Waals surface area contributed by atoms with E-state index in [-0.39, 0.29) is 6.04 Å². The Balaban J connectivity index is 0.730. The van der Waals surface area contributed by atoms with Gasteiger partial charge in [-0.3, -0.25) is 0 Å². The van der Waals surface area contributed by atoms with Crippen molar-refractivity contribution in [3.8, 4) is 55.9 Å². The Labute approximate surface area is 534 Å². The molecule has 92 heavy (non-hydrogen) atoms. The van der Waals surface area contributed by atoms with Crippen molar-refractivity contribution in [2.24, 2.45) is 0 Å². The molecule has 3 aromatic heterocycles. The number of fused-ring (bicyclic) bond motifs is 15. The number of nitrogens with zero attached hydrogens (tertiary/aromatic N) is 3. The Kier molecular flexibility index (Phi) is 11.4. The molecule has 0 saturated heterocycles. The number of hydrogen-bond donors (Lipinski definition) is 0. The van der Waals surface area contributed by atoms with Crippen molar-refractivity contribution >= 4 is 65.4 Å². The molecule has 0 spiro atoms. The third-order valence-electron chi connectivity index (χ3n) is 20.7. The lowest BCUT2D eigenvalue weighted by Gasteiger charge is -2.34. The Hall–Kier alpha value is -11.5. The van der Waals surface area contributed by atoms with E-state index in [4.69, 9.17) is 0 Å². The zero-order valence-electron chi connectivity index (χ0n) is 51.1. The average molecular weight is 1170 g/mol. The van der Waals surface area contributed by atoms with Gasteiger partial charge in [-0.2, -0.15) is 0 Å². The van der Waals surface area contributed by atoms with Crippen molar-refractivity contribution in [1.82, 2.24) is 13.7 Å². The van der Waals surface area contributed by atoms with Gasteiger partial charge in [-0.1, -0.05) is 243 Å². The van der Waals surface area contributed by atoms with Gasteiger partial charge in [0.2, 0.25) is 0 Å². The van der Waals surface area contributed by atoms with Crippen molar-refractivity contribution in [3.63, 3.8) is 0 Å². The first kappa shape index (κ1) is 52.4. The van der Waals surface area contributed by atoms with Crippen LogP contribution in [0.4, 0.5) is 0 Å². The van der Waals surface area contributed by atoms with Crippen LogP contribution in [0.3, 0.4) is 0 Å². The molecule has 0 fully saturated rings. The molecule has 3 heterocycles. The molecule has 0 atom stereocenters. The minimum Gasteiger partial charge on any atom is -0.338 e. The Morgan fingerprint density at radius 1 is 0.228 bits per heavy atom. The maximum Gasteiger partial charge on any atom is 0.0714 e. The number of rotatable bonds is 9. The molecule has 0 saturated carbocycles. The fourth-order valence-corrected chi connectivity index (χ4v) is 17.0. The van der Waals surface area contributed by atoms with Crippen LogP contribution < -0.4 is 0 Å². The molecule has 0 unspecified atom stereocenters. The molecule has 0 aliphatic heterocycles. The zero-order chi connectivity index (χ0) is 60.8. The lowest BCUT2D eigenvalue weighted by Crippen LogP contribution is -2.28. The van der Waals surface area contributed by atoms with Crippen molar-refractivity contribution in [2.45, 2.75) is 30.7 Å². The molecule has 19 rings (SSSR count). The molecular weight excluding hydrogens is 1110 g/mol. The molecule has 0 N–H and O–H groups in total. The second-order valence-electron chi connectivity index (χ2n) is 25.6. The largest absolute Gasteiger partial charge is 0.338 e. The normalized spacial score (nSPS) is 13.6. The molecule has 3 heteroatoms. The van der Waals surface area contributed by atoms with Crippen LogP contribution in [0, 0.1) is 0 Å². The van der Waals surface area contributed by atoms with Crippen LogP contribution in [0.1, 0.15) is 64.4 Å². The van der Waals surface area contributed by atoms with E-state index in [1.54, 1.807) is 0 Å². The second-order valence-corrected chi connectivity index (χ2v) is 25.6. The smallest absolute Gasteiger partial charge is 0.0714 e. The van der Waals surface area contributed by atoms with Crippen LogP contribution in [0.15, 0.2) is 328 Å². The molecule has 2 aliphatic carbocycles. The van der Waals surface area contributed by atoms with Gasteiger partial charge in [-0.25, -0.2) is 0 Å². The molecule has 432 valence electrons. The minimum atomic E-state index is -0.496. The van der Waals surface area contributed by atoms with Crippen LogP contribution in [0.5, 0.6) is 0 Å². The molecule has 2 aliphatic rings. The fourth-order valence-electron chi connectivity index (χ4n) is 17.0. The minimum absolute atomic E-state index is 0.259. The van der Waals surface area contributed by atoms with Crippen LogP contribution in [-0.4, -0.2) is 13.7 Å². The van der Waals surface area contributed by atoms with Gasteiger partial charge >= 0.3 is 0 Å². The van der Waals surface area contributed by atoms with Gasteiger partial charge in [0.25, 0.3) is 0 Å². The summed E-state index contributed by atoms with van der Waals surface area (Å²) in [7, 11) is 0. The quantitative estimate of drug-likeness (QED) is 0.137. The van der Waals surface area contributed by atoms with Gasteiger partial charge in [0.05, 0.1) is 32.9 Å². The third-order valence-corrected chi connectivity index (χ3v) is 20.7. The summed E-state index contributed by atoms with van der Waals surface area (Å²) in [5.41, 5.74) is 28.7. The van der Waals surface area contributed by atoms with Crippen LogP contribution in [0.2, 0.25) is 0 Å². The molecule has 14 aromatic carbocycles. The number of benzene rings is 14. The SMILES string of the molecule is CC(C)n1c2ccc(-c3ccc4c(c3)c3ccccc3n4-c3ccc4c(c3)C(c3ccccc3)(c3ccccc3)c3ccccc3-4)cc2c2cc(-c3ccc4c(c3)c3ccccc3n4-c3ccc4c(c3)C(c3ccccc3)(c3ccccc3)c3ccccc3-4)ccc21. The third kappa shape index (κ3) is 7.27. The van der Waals surface area contributed by atoms with E-state index in [1.807, 2.05) is 0 Å². The number of para-hydroxylation sites is 2.